The molecule has 1 rings (SSSR count). The monoisotopic (exact) mass is 166 g/mol. The number of rotatable bonds is 1. The van der Waals surface area contributed by atoms with Crippen LogP contribution >= 0.6 is 9.24 Å². The van der Waals surface area contributed by atoms with Gasteiger partial charge in [-0.3, -0.25) is 0 Å². The average Bonchev–Trinajstić information content (AvgIpc) is 1.99. The maximum Gasteiger partial charge on any atom is -0.0244 e. The lowest BCUT2D eigenvalue weighted by molar-refractivity contribution is 1.13. The molecule has 1 heteroatoms. The van der Waals surface area contributed by atoms with Crippen LogP contribution in [0.3, 0.4) is 0 Å². The molecule has 11 heavy (non-hydrogen) atoms. The predicted molar refractivity (Wildman–Crippen MR) is 54.6 cm³/mol. The van der Waals surface area contributed by atoms with Crippen molar-refractivity contribution in [1.82, 2.24) is 0 Å². The Hall–Kier alpha value is -0.350. The summed E-state index contributed by atoms with van der Waals surface area (Å²) in [6, 6.07) is 4.52. The van der Waals surface area contributed by atoms with Crippen LogP contribution in [0.15, 0.2) is 12.1 Å². The summed E-state index contributed by atoms with van der Waals surface area (Å²) in [5.41, 5.74) is 4.20. The Morgan fingerprint density at radius 3 is 2.00 bits per heavy atom. The van der Waals surface area contributed by atoms with Crippen molar-refractivity contribution in [2.75, 3.05) is 0 Å². The summed E-state index contributed by atoms with van der Waals surface area (Å²) in [7, 11) is 2.79. The lowest BCUT2D eigenvalue weighted by atomic mass is 10.1. The normalized spacial score (nSPS) is 10.2. The lowest BCUT2D eigenvalue weighted by Crippen LogP contribution is -2.02. The van der Waals surface area contributed by atoms with Crippen LogP contribution in [0.1, 0.15) is 23.6 Å². The van der Waals surface area contributed by atoms with Gasteiger partial charge in [0.2, 0.25) is 0 Å². The van der Waals surface area contributed by atoms with Gasteiger partial charge in [-0.05, 0) is 42.3 Å². The molecule has 0 N–H and O–H groups in total. The molecule has 0 aliphatic rings. The van der Waals surface area contributed by atoms with Crippen LogP contribution in [0, 0.1) is 13.8 Å². The molecular formula is C10H15P. The van der Waals surface area contributed by atoms with Gasteiger partial charge < -0.3 is 0 Å². The lowest BCUT2D eigenvalue weighted by Gasteiger charge is -2.06. The summed E-state index contributed by atoms with van der Waals surface area (Å²) < 4.78 is 0. The van der Waals surface area contributed by atoms with E-state index in [2.05, 4.69) is 42.1 Å². The third kappa shape index (κ3) is 1.81. The van der Waals surface area contributed by atoms with Crippen molar-refractivity contribution in [3.63, 3.8) is 0 Å². The zero-order valence-corrected chi connectivity index (χ0v) is 8.59. The number of hydrogen-bond acceptors (Lipinski definition) is 0. The number of hydrogen-bond donors (Lipinski definition) is 0. The Bertz CT molecular complexity index is 241. The van der Waals surface area contributed by atoms with E-state index in [-0.39, 0.29) is 0 Å². The third-order valence-corrected chi connectivity index (χ3v) is 2.97. The molecule has 0 amide bonds. The highest BCUT2D eigenvalue weighted by Gasteiger charge is 1.98. The Balaban J connectivity index is 3.21. The van der Waals surface area contributed by atoms with Gasteiger partial charge in [-0.2, -0.15) is 0 Å². The van der Waals surface area contributed by atoms with Crippen LogP contribution in [0.2, 0.25) is 0 Å². The van der Waals surface area contributed by atoms with Crippen LogP contribution in [-0.2, 0) is 6.42 Å². The van der Waals surface area contributed by atoms with Gasteiger partial charge in [0.1, 0.15) is 0 Å². The smallest absolute Gasteiger partial charge is 0.0244 e. The number of aryl methyl sites for hydroxylation is 3. The molecule has 0 spiro atoms. The van der Waals surface area contributed by atoms with Crippen LogP contribution in [-0.4, -0.2) is 0 Å². The molecule has 1 unspecified atom stereocenters. The standard InChI is InChI=1S/C10H15P/c1-4-9-5-7(2)10(11)8(3)6-9/h5-6H,4,11H2,1-3H3. The summed E-state index contributed by atoms with van der Waals surface area (Å²) in [4.78, 5) is 0. The molecule has 0 bridgehead atoms. The van der Waals surface area contributed by atoms with Gasteiger partial charge in [0, 0.05) is 0 Å². The van der Waals surface area contributed by atoms with Crippen molar-refractivity contribution in [3.05, 3.63) is 28.8 Å². The molecule has 0 aromatic heterocycles. The SMILES string of the molecule is CCc1cc(C)c(P)c(C)c1. The van der Waals surface area contributed by atoms with Crippen molar-refractivity contribution >= 4 is 14.5 Å². The molecule has 0 heterocycles. The minimum absolute atomic E-state index is 1.13. The zero-order chi connectivity index (χ0) is 8.43. The summed E-state index contributed by atoms with van der Waals surface area (Å²) in [5, 5.41) is 1.35. The number of benzene rings is 1. The molecule has 1 aromatic rings. The summed E-state index contributed by atoms with van der Waals surface area (Å²) in [6.45, 7) is 6.51. The highest BCUT2D eigenvalue weighted by molar-refractivity contribution is 7.27. The van der Waals surface area contributed by atoms with Gasteiger partial charge in [0.05, 0.1) is 0 Å². The third-order valence-electron chi connectivity index (χ3n) is 2.06. The predicted octanol–water partition coefficient (Wildman–Crippen LogP) is 2.37. The van der Waals surface area contributed by atoms with Gasteiger partial charge in [0.15, 0.2) is 0 Å². The first kappa shape index (κ1) is 8.74. The molecule has 1 aromatic carbocycles. The molecule has 0 aliphatic heterocycles. The van der Waals surface area contributed by atoms with Gasteiger partial charge in [-0.1, -0.05) is 19.1 Å². The van der Waals surface area contributed by atoms with E-state index < -0.39 is 0 Å². The molecule has 0 radical (unpaired) electrons. The fourth-order valence-electron chi connectivity index (χ4n) is 1.27. The van der Waals surface area contributed by atoms with Crippen LogP contribution in [0.5, 0.6) is 0 Å². The molecule has 1 atom stereocenters. The summed E-state index contributed by atoms with van der Waals surface area (Å²) in [5.74, 6) is 0. The fourth-order valence-corrected chi connectivity index (χ4v) is 1.44. The molecular weight excluding hydrogens is 151 g/mol. The van der Waals surface area contributed by atoms with E-state index in [1.54, 1.807) is 0 Å². The molecule has 60 valence electrons. The Labute approximate surface area is 71.2 Å². The largest absolute Gasteiger partial charge is 0.105 e. The minimum Gasteiger partial charge on any atom is -0.105 e. The fraction of sp³-hybridized carbons (Fsp3) is 0.400. The van der Waals surface area contributed by atoms with Crippen molar-refractivity contribution < 1.29 is 0 Å². The van der Waals surface area contributed by atoms with Crippen LogP contribution in [0.4, 0.5) is 0 Å². The van der Waals surface area contributed by atoms with Gasteiger partial charge in [-0.25, -0.2) is 0 Å². The maximum atomic E-state index is 2.79. The molecule has 0 aliphatic carbocycles. The van der Waals surface area contributed by atoms with E-state index in [1.807, 2.05) is 0 Å². The second-order valence-corrected chi connectivity index (χ2v) is 3.57. The van der Waals surface area contributed by atoms with E-state index in [1.165, 1.54) is 22.0 Å². The van der Waals surface area contributed by atoms with Gasteiger partial charge in [0.25, 0.3) is 0 Å². The van der Waals surface area contributed by atoms with Crippen molar-refractivity contribution in [2.24, 2.45) is 0 Å². The Morgan fingerprint density at radius 2 is 1.64 bits per heavy atom. The van der Waals surface area contributed by atoms with E-state index in [9.17, 15) is 0 Å². The zero-order valence-electron chi connectivity index (χ0n) is 7.44. The van der Waals surface area contributed by atoms with E-state index in [4.69, 9.17) is 0 Å². The molecule has 0 saturated carbocycles. The van der Waals surface area contributed by atoms with Gasteiger partial charge >= 0.3 is 0 Å². The quantitative estimate of drug-likeness (QED) is 0.562. The molecule has 0 fully saturated rings. The Kier molecular flexibility index (Phi) is 2.67. The van der Waals surface area contributed by atoms with E-state index in [0.29, 0.717) is 0 Å². The second-order valence-electron chi connectivity index (χ2n) is 3.00. The first-order valence-electron chi connectivity index (χ1n) is 4.00. The Morgan fingerprint density at radius 1 is 1.18 bits per heavy atom. The minimum atomic E-state index is 1.13. The maximum absolute atomic E-state index is 2.79. The first-order chi connectivity index (χ1) is 5.15. The molecule has 0 nitrogen and oxygen atoms in total. The van der Waals surface area contributed by atoms with Crippen LogP contribution < -0.4 is 5.30 Å². The molecule has 0 saturated heterocycles. The summed E-state index contributed by atoms with van der Waals surface area (Å²) in [6.07, 6.45) is 1.13. The van der Waals surface area contributed by atoms with E-state index >= 15 is 0 Å². The van der Waals surface area contributed by atoms with Crippen LogP contribution in [0.25, 0.3) is 0 Å². The van der Waals surface area contributed by atoms with Crippen molar-refractivity contribution in [3.8, 4) is 0 Å². The second kappa shape index (κ2) is 3.36. The topological polar surface area (TPSA) is 0 Å². The highest BCUT2D eigenvalue weighted by Crippen LogP contribution is 2.09. The highest BCUT2D eigenvalue weighted by atomic mass is 31.0. The first-order valence-corrected chi connectivity index (χ1v) is 4.58. The average molecular weight is 166 g/mol. The van der Waals surface area contributed by atoms with Crippen molar-refractivity contribution in [1.29, 1.82) is 0 Å². The van der Waals surface area contributed by atoms with E-state index in [0.717, 1.165) is 6.42 Å². The summed E-state index contributed by atoms with van der Waals surface area (Å²) >= 11 is 0. The van der Waals surface area contributed by atoms with Crippen molar-refractivity contribution in [2.45, 2.75) is 27.2 Å². The van der Waals surface area contributed by atoms with Gasteiger partial charge in [-0.15, -0.1) is 9.24 Å².